The molecule has 0 fully saturated rings. The van der Waals surface area contributed by atoms with Crippen LogP contribution in [0.25, 0.3) is 10.1 Å². The Morgan fingerprint density at radius 1 is 1.13 bits per heavy atom. The maximum atomic E-state index is 13.3. The number of aromatic nitrogens is 2. The van der Waals surface area contributed by atoms with Crippen molar-refractivity contribution in [3.05, 3.63) is 105 Å². The lowest BCUT2D eigenvalue weighted by atomic mass is 10.1. The average molecular weight is 554 g/mol. The first kappa shape index (κ1) is 26.4. The number of hydrogen-bond donors (Lipinski definition) is 1. The topological polar surface area (TPSA) is 91.0 Å². The van der Waals surface area contributed by atoms with Gasteiger partial charge in [-0.1, -0.05) is 25.1 Å². The first-order valence-corrected chi connectivity index (χ1v) is 14.4. The van der Waals surface area contributed by atoms with Gasteiger partial charge in [0.2, 0.25) is 5.91 Å². The molecule has 0 aliphatic carbocycles. The third kappa shape index (κ3) is 6.25. The van der Waals surface area contributed by atoms with Crippen LogP contribution in [0.15, 0.2) is 78.6 Å². The molecule has 0 unspecified atom stereocenters. The van der Waals surface area contributed by atoms with Crippen molar-refractivity contribution in [2.24, 2.45) is 0 Å². The van der Waals surface area contributed by atoms with Gasteiger partial charge in [0, 0.05) is 34.4 Å². The summed E-state index contributed by atoms with van der Waals surface area (Å²) in [4.78, 5) is 33.9. The highest BCUT2D eigenvalue weighted by atomic mass is 32.1. The molecule has 2 amide bonds. The number of nitrogens with one attached hydrogen (secondary N) is 1. The van der Waals surface area contributed by atoms with Crippen molar-refractivity contribution in [3.63, 3.8) is 0 Å². The molecule has 5 rings (SSSR count). The lowest BCUT2D eigenvalue weighted by molar-refractivity contribution is -0.118. The second kappa shape index (κ2) is 12.1. The summed E-state index contributed by atoms with van der Waals surface area (Å²) in [6.45, 7) is 3.46. The molecule has 0 spiro atoms. The van der Waals surface area contributed by atoms with Crippen LogP contribution < -0.4 is 10.2 Å². The van der Waals surface area contributed by atoms with Gasteiger partial charge in [0.1, 0.15) is 0 Å². The summed E-state index contributed by atoms with van der Waals surface area (Å²) in [6.07, 6.45) is 4.73. The molecular formula is C30H27N5O2S2. The maximum absolute atomic E-state index is 13.3. The second-order valence-electron chi connectivity index (χ2n) is 9.15. The van der Waals surface area contributed by atoms with Crippen LogP contribution in [0.1, 0.15) is 51.1 Å². The molecule has 3 heterocycles. The van der Waals surface area contributed by atoms with Crippen LogP contribution in [0.3, 0.4) is 0 Å². The van der Waals surface area contributed by atoms with E-state index in [1.54, 1.807) is 40.9 Å². The number of nitriles is 1. The van der Waals surface area contributed by atoms with Gasteiger partial charge in [0.25, 0.3) is 5.91 Å². The number of carbonyl (C=O) groups excluding carboxylic acids is 2. The normalized spacial score (nSPS) is 10.9. The largest absolute Gasteiger partial charge is 0.346 e. The molecule has 39 heavy (non-hydrogen) atoms. The van der Waals surface area contributed by atoms with Crippen molar-refractivity contribution in [1.82, 2.24) is 14.9 Å². The molecule has 3 aromatic heterocycles. The van der Waals surface area contributed by atoms with Crippen molar-refractivity contribution >= 4 is 50.3 Å². The van der Waals surface area contributed by atoms with Crippen LogP contribution in [0, 0.1) is 11.3 Å². The fourth-order valence-electron chi connectivity index (χ4n) is 4.32. The zero-order chi connectivity index (χ0) is 27.2. The summed E-state index contributed by atoms with van der Waals surface area (Å²) in [5, 5.41) is 15.0. The number of benzene rings is 2. The average Bonchev–Trinajstić information content (AvgIpc) is 3.72. The number of anilines is 1. The Morgan fingerprint density at radius 3 is 2.72 bits per heavy atom. The monoisotopic (exact) mass is 553 g/mol. The van der Waals surface area contributed by atoms with E-state index in [4.69, 9.17) is 5.26 Å². The summed E-state index contributed by atoms with van der Waals surface area (Å²) in [5.41, 5.74) is 3.36. The van der Waals surface area contributed by atoms with Crippen molar-refractivity contribution in [2.45, 2.75) is 39.4 Å². The van der Waals surface area contributed by atoms with Gasteiger partial charge < -0.3 is 14.8 Å². The Kier molecular flexibility index (Phi) is 8.16. The van der Waals surface area contributed by atoms with Gasteiger partial charge in [-0.15, -0.1) is 22.7 Å². The zero-order valence-corrected chi connectivity index (χ0v) is 23.1. The van der Waals surface area contributed by atoms with E-state index in [1.807, 2.05) is 65.4 Å². The third-order valence-electron chi connectivity index (χ3n) is 6.36. The number of thiophene rings is 2. The lowest BCUT2D eigenvalue weighted by Gasteiger charge is -2.23. The number of amides is 2. The Hall–Kier alpha value is -4.26. The minimum atomic E-state index is -0.100. The number of rotatable bonds is 10. The molecule has 5 aromatic rings. The quantitative estimate of drug-likeness (QED) is 0.218. The highest BCUT2D eigenvalue weighted by Gasteiger charge is 2.19. The molecule has 7 nitrogen and oxygen atoms in total. The smallest absolute Gasteiger partial charge is 0.261 e. The molecule has 0 saturated carbocycles. The Labute approximate surface area is 235 Å². The summed E-state index contributed by atoms with van der Waals surface area (Å²) >= 11 is 3.06. The standard InChI is InChI=1S/C30H27N5O2S2/c1-2-4-29(36)35(19-25-16-32-20-34(25)18-22-8-6-21(15-31)7-9-22)24-10-11-27-23(13-24)14-28(39-27)30(37)33-17-26-5-3-12-38-26/h3,5-14,16,20H,2,4,17-19H2,1H3,(H,33,37). The van der Waals surface area contributed by atoms with Gasteiger partial charge >= 0.3 is 0 Å². The van der Waals surface area contributed by atoms with E-state index in [2.05, 4.69) is 16.4 Å². The van der Waals surface area contributed by atoms with Crippen LogP contribution in [0.4, 0.5) is 5.69 Å². The molecule has 0 saturated heterocycles. The molecule has 0 radical (unpaired) electrons. The number of imidazole rings is 1. The predicted molar refractivity (Wildman–Crippen MR) is 156 cm³/mol. The van der Waals surface area contributed by atoms with Gasteiger partial charge in [0.15, 0.2) is 0 Å². The highest BCUT2D eigenvalue weighted by molar-refractivity contribution is 7.20. The number of carbonyl (C=O) groups is 2. The zero-order valence-electron chi connectivity index (χ0n) is 21.5. The van der Waals surface area contributed by atoms with Gasteiger partial charge in [0.05, 0.1) is 41.6 Å². The van der Waals surface area contributed by atoms with Crippen molar-refractivity contribution in [1.29, 1.82) is 5.26 Å². The summed E-state index contributed by atoms with van der Waals surface area (Å²) in [5.74, 6) is -0.0658. The minimum absolute atomic E-state index is 0.0344. The van der Waals surface area contributed by atoms with Crippen molar-refractivity contribution in [3.8, 4) is 6.07 Å². The molecular weight excluding hydrogens is 526 g/mol. The molecule has 1 N–H and O–H groups in total. The van der Waals surface area contributed by atoms with Gasteiger partial charge in [-0.3, -0.25) is 9.59 Å². The molecule has 9 heteroatoms. The Balaban J connectivity index is 1.37. The number of hydrogen-bond acceptors (Lipinski definition) is 6. The molecule has 0 aliphatic heterocycles. The molecule has 0 atom stereocenters. The number of fused-ring (bicyclic) bond motifs is 1. The molecule has 0 aliphatic rings. The first-order chi connectivity index (χ1) is 19.0. The molecule has 2 aromatic carbocycles. The van der Waals surface area contributed by atoms with Gasteiger partial charge in [-0.25, -0.2) is 4.98 Å². The van der Waals surface area contributed by atoms with E-state index in [9.17, 15) is 9.59 Å². The summed E-state index contributed by atoms with van der Waals surface area (Å²) < 4.78 is 3.01. The summed E-state index contributed by atoms with van der Waals surface area (Å²) in [7, 11) is 0. The van der Waals surface area contributed by atoms with E-state index >= 15 is 0 Å². The SMILES string of the molecule is CCCC(=O)N(Cc1cncn1Cc1ccc(C#N)cc1)c1ccc2sc(C(=O)NCc3cccs3)cc2c1. The fourth-order valence-corrected chi connectivity index (χ4v) is 5.92. The van der Waals surface area contributed by atoms with E-state index in [0.29, 0.717) is 36.5 Å². The lowest BCUT2D eigenvalue weighted by Crippen LogP contribution is -2.31. The van der Waals surface area contributed by atoms with Crippen molar-refractivity contribution < 1.29 is 9.59 Å². The Morgan fingerprint density at radius 2 is 1.97 bits per heavy atom. The second-order valence-corrected chi connectivity index (χ2v) is 11.3. The first-order valence-electron chi connectivity index (χ1n) is 12.7. The summed E-state index contributed by atoms with van der Waals surface area (Å²) in [6, 6.07) is 21.4. The molecule has 196 valence electrons. The van der Waals surface area contributed by atoms with Gasteiger partial charge in [-0.2, -0.15) is 5.26 Å². The highest BCUT2D eigenvalue weighted by Crippen LogP contribution is 2.31. The van der Waals surface area contributed by atoms with Crippen LogP contribution >= 0.6 is 22.7 Å². The predicted octanol–water partition coefficient (Wildman–Crippen LogP) is 6.34. The van der Waals surface area contributed by atoms with Crippen LogP contribution in [-0.2, 0) is 24.4 Å². The van der Waals surface area contributed by atoms with E-state index in [-0.39, 0.29) is 11.8 Å². The Bertz CT molecular complexity index is 1630. The van der Waals surface area contributed by atoms with Crippen molar-refractivity contribution in [2.75, 3.05) is 4.90 Å². The molecule has 0 bridgehead atoms. The van der Waals surface area contributed by atoms with Gasteiger partial charge in [-0.05, 0) is 65.2 Å². The number of nitrogens with zero attached hydrogens (tertiary/aromatic N) is 4. The van der Waals surface area contributed by atoms with E-state index < -0.39 is 0 Å². The maximum Gasteiger partial charge on any atom is 0.261 e. The van der Waals surface area contributed by atoms with Crippen LogP contribution in [0.2, 0.25) is 0 Å². The minimum Gasteiger partial charge on any atom is -0.346 e. The van der Waals surface area contributed by atoms with Crippen LogP contribution in [0.5, 0.6) is 0 Å². The van der Waals surface area contributed by atoms with E-state index in [1.165, 1.54) is 11.3 Å². The van der Waals surface area contributed by atoms with E-state index in [0.717, 1.165) is 38.3 Å². The van der Waals surface area contributed by atoms with Crippen LogP contribution in [-0.4, -0.2) is 21.4 Å². The third-order valence-corrected chi connectivity index (χ3v) is 8.35. The fraction of sp³-hybridized carbons (Fsp3) is 0.200.